The maximum atomic E-state index is 11.2. The van der Waals surface area contributed by atoms with Crippen LogP contribution in [0.1, 0.15) is 23.6 Å². The molecule has 1 atom stereocenters. The second-order valence-corrected chi connectivity index (χ2v) is 8.91. The summed E-state index contributed by atoms with van der Waals surface area (Å²) >= 11 is 0. The molecule has 0 radical (unpaired) electrons. The molecule has 27 heavy (non-hydrogen) atoms. The Bertz CT molecular complexity index is 848. The fourth-order valence-electron chi connectivity index (χ4n) is 2.70. The summed E-state index contributed by atoms with van der Waals surface area (Å²) in [5.41, 5.74) is 4.19. The summed E-state index contributed by atoms with van der Waals surface area (Å²) in [4.78, 5) is 2.27. The normalized spacial score (nSPS) is 12.8. The van der Waals surface area contributed by atoms with Crippen molar-refractivity contribution in [3.8, 4) is 5.75 Å². The van der Waals surface area contributed by atoms with E-state index in [1.54, 1.807) is 12.1 Å². The number of hydrogen-bond acceptors (Lipinski definition) is 4. The van der Waals surface area contributed by atoms with Gasteiger partial charge in [0.15, 0.2) is 0 Å². The molecular formula is C21H30N2O3S. The Kier molecular flexibility index (Phi) is 7.27. The SMILES string of the molecule is Cc1cccc(OCC(C)N(C)CCc2ccc(NS(C)(=O)=O)cc2)c1C. The highest BCUT2D eigenvalue weighted by Crippen LogP contribution is 2.21. The van der Waals surface area contributed by atoms with Gasteiger partial charge >= 0.3 is 0 Å². The van der Waals surface area contributed by atoms with Crippen LogP contribution in [0.3, 0.4) is 0 Å². The first-order chi connectivity index (χ1) is 12.7. The number of aryl methyl sites for hydroxylation is 1. The van der Waals surface area contributed by atoms with E-state index in [1.807, 2.05) is 24.3 Å². The minimum Gasteiger partial charge on any atom is -0.492 e. The molecule has 0 heterocycles. The van der Waals surface area contributed by atoms with Crippen LogP contribution in [-0.2, 0) is 16.4 Å². The van der Waals surface area contributed by atoms with Crippen molar-refractivity contribution in [2.45, 2.75) is 33.2 Å². The van der Waals surface area contributed by atoms with Crippen molar-refractivity contribution in [2.24, 2.45) is 0 Å². The Morgan fingerprint density at radius 3 is 2.41 bits per heavy atom. The van der Waals surface area contributed by atoms with Crippen LogP contribution in [0.25, 0.3) is 0 Å². The van der Waals surface area contributed by atoms with E-state index in [9.17, 15) is 8.42 Å². The Labute approximate surface area is 163 Å². The maximum absolute atomic E-state index is 11.2. The zero-order valence-electron chi connectivity index (χ0n) is 16.8. The van der Waals surface area contributed by atoms with Gasteiger partial charge in [-0.1, -0.05) is 24.3 Å². The van der Waals surface area contributed by atoms with Gasteiger partial charge in [0.25, 0.3) is 0 Å². The third-order valence-corrected chi connectivity index (χ3v) is 5.40. The lowest BCUT2D eigenvalue weighted by molar-refractivity contribution is 0.174. The first kappa shape index (κ1) is 21.3. The Morgan fingerprint density at radius 2 is 1.78 bits per heavy atom. The molecule has 0 aliphatic carbocycles. The van der Waals surface area contributed by atoms with Crippen LogP contribution in [-0.4, -0.2) is 45.8 Å². The molecule has 0 amide bonds. The molecule has 2 aromatic carbocycles. The summed E-state index contributed by atoms with van der Waals surface area (Å²) in [7, 11) is -1.14. The molecule has 0 bridgehead atoms. The lowest BCUT2D eigenvalue weighted by Gasteiger charge is -2.25. The summed E-state index contributed by atoms with van der Waals surface area (Å²) in [6, 6.07) is 13.9. The number of anilines is 1. The molecule has 5 nitrogen and oxygen atoms in total. The predicted molar refractivity (Wildman–Crippen MR) is 112 cm³/mol. The molecule has 1 unspecified atom stereocenters. The van der Waals surface area contributed by atoms with Crippen molar-refractivity contribution in [1.29, 1.82) is 0 Å². The standard InChI is InChI=1S/C21H30N2O3S/c1-16-7-6-8-21(18(16)3)26-15-17(2)23(4)14-13-19-9-11-20(12-10-19)22-27(5,24)25/h6-12,17,22H,13-15H2,1-5H3. The van der Waals surface area contributed by atoms with Crippen LogP contribution >= 0.6 is 0 Å². The lowest BCUT2D eigenvalue weighted by atomic mass is 10.1. The third-order valence-electron chi connectivity index (χ3n) is 4.80. The summed E-state index contributed by atoms with van der Waals surface area (Å²) < 4.78 is 31.0. The molecule has 0 spiro atoms. The van der Waals surface area contributed by atoms with Gasteiger partial charge in [-0.15, -0.1) is 0 Å². The molecule has 6 heteroatoms. The van der Waals surface area contributed by atoms with Gasteiger partial charge in [-0.2, -0.15) is 0 Å². The van der Waals surface area contributed by atoms with Crippen LogP contribution in [0.15, 0.2) is 42.5 Å². The second-order valence-electron chi connectivity index (χ2n) is 7.16. The number of benzene rings is 2. The van der Waals surface area contributed by atoms with Gasteiger partial charge < -0.3 is 4.74 Å². The Morgan fingerprint density at radius 1 is 1.11 bits per heavy atom. The molecule has 0 aliphatic rings. The minimum atomic E-state index is -3.23. The largest absolute Gasteiger partial charge is 0.492 e. The highest BCUT2D eigenvalue weighted by Gasteiger charge is 2.11. The Balaban J connectivity index is 1.82. The summed E-state index contributed by atoms with van der Waals surface area (Å²) in [5, 5.41) is 0. The van der Waals surface area contributed by atoms with Gasteiger partial charge in [-0.3, -0.25) is 9.62 Å². The van der Waals surface area contributed by atoms with E-state index in [4.69, 9.17) is 4.74 Å². The number of likely N-dealkylation sites (N-methyl/N-ethyl adjacent to an activating group) is 1. The topological polar surface area (TPSA) is 58.6 Å². The zero-order chi connectivity index (χ0) is 20.0. The monoisotopic (exact) mass is 390 g/mol. The van der Waals surface area contributed by atoms with Gasteiger partial charge in [0, 0.05) is 18.3 Å². The molecule has 0 aliphatic heterocycles. The van der Waals surface area contributed by atoms with E-state index in [0.717, 1.165) is 25.0 Å². The molecule has 148 valence electrons. The highest BCUT2D eigenvalue weighted by atomic mass is 32.2. The highest BCUT2D eigenvalue weighted by molar-refractivity contribution is 7.92. The molecule has 1 N–H and O–H groups in total. The van der Waals surface area contributed by atoms with Crippen molar-refractivity contribution in [3.63, 3.8) is 0 Å². The van der Waals surface area contributed by atoms with Crippen LogP contribution in [0.5, 0.6) is 5.75 Å². The van der Waals surface area contributed by atoms with Crippen LogP contribution < -0.4 is 9.46 Å². The maximum Gasteiger partial charge on any atom is 0.229 e. The number of ether oxygens (including phenoxy) is 1. The van der Waals surface area contributed by atoms with Crippen LogP contribution in [0.2, 0.25) is 0 Å². The number of rotatable bonds is 9. The summed E-state index contributed by atoms with van der Waals surface area (Å²) in [6.07, 6.45) is 2.04. The lowest BCUT2D eigenvalue weighted by Crippen LogP contribution is -2.35. The van der Waals surface area contributed by atoms with Gasteiger partial charge in [0.05, 0.1) is 6.26 Å². The minimum absolute atomic E-state index is 0.288. The van der Waals surface area contributed by atoms with Gasteiger partial charge in [0.1, 0.15) is 12.4 Å². The summed E-state index contributed by atoms with van der Waals surface area (Å²) in [6.45, 7) is 7.87. The third kappa shape index (κ3) is 6.88. The molecule has 2 rings (SSSR count). The smallest absolute Gasteiger partial charge is 0.229 e. The number of hydrogen-bond donors (Lipinski definition) is 1. The van der Waals surface area contributed by atoms with E-state index in [1.165, 1.54) is 16.7 Å². The Hall–Kier alpha value is -2.05. The van der Waals surface area contributed by atoms with Crippen molar-refractivity contribution in [1.82, 2.24) is 4.90 Å². The average molecular weight is 391 g/mol. The fourth-order valence-corrected chi connectivity index (χ4v) is 3.26. The van der Waals surface area contributed by atoms with Crippen molar-refractivity contribution in [2.75, 3.05) is 31.2 Å². The first-order valence-electron chi connectivity index (χ1n) is 9.11. The predicted octanol–water partition coefficient (Wildman–Crippen LogP) is 3.62. The quantitative estimate of drug-likeness (QED) is 0.710. The van der Waals surface area contributed by atoms with E-state index >= 15 is 0 Å². The molecule has 0 saturated carbocycles. The molecule has 0 fully saturated rings. The fraction of sp³-hybridized carbons (Fsp3) is 0.429. The molecular weight excluding hydrogens is 360 g/mol. The van der Waals surface area contributed by atoms with E-state index in [-0.39, 0.29) is 6.04 Å². The van der Waals surface area contributed by atoms with Crippen molar-refractivity contribution < 1.29 is 13.2 Å². The van der Waals surface area contributed by atoms with E-state index in [2.05, 4.69) is 43.5 Å². The zero-order valence-corrected chi connectivity index (χ0v) is 17.6. The van der Waals surface area contributed by atoms with Gasteiger partial charge in [0.2, 0.25) is 10.0 Å². The van der Waals surface area contributed by atoms with Crippen molar-refractivity contribution >= 4 is 15.7 Å². The van der Waals surface area contributed by atoms with Crippen LogP contribution in [0, 0.1) is 13.8 Å². The molecule has 0 saturated heterocycles. The van der Waals surface area contributed by atoms with Gasteiger partial charge in [-0.25, -0.2) is 8.42 Å². The second kappa shape index (κ2) is 9.24. The first-order valence-corrected chi connectivity index (χ1v) is 11.0. The number of nitrogens with one attached hydrogen (secondary N) is 1. The van der Waals surface area contributed by atoms with Gasteiger partial charge in [-0.05, 0) is 69.1 Å². The summed E-state index contributed by atoms with van der Waals surface area (Å²) in [5.74, 6) is 0.948. The van der Waals surface area contributed by atoms with Crippen molar-refractivity contribution in [3.05, 3.63) is 59.2 Å². The van der Waals surface area contributed by atoms with Crippen LogP contribution in [0.4, 0.5) is 5.69 Å². The number of sulfonamides is 1. The molecule has 2 aromatic rings. The van der Waals surface area contributed by atoms with E-state index < -0.39 is 10.0 Å². The number of nitrogens with zero attached hydrogens (tertiary/aromatic N) is 1. The molecule has 0 aromatic heterocycles. The average Bonchev–Trinajstić information content (AvgIpc) is 2.60. The van der Waals surface area contributed by atoms with E-state index in [0.29, 0.717) is 12.3 Å².